The number of aromatic nitrogens is 3. The highest BCUT2D eigenvalue weighted by Crippen LogP contribution is 2.47. The molecule has 0 radical (unpaired) electrons. The van der Waals surface area contributed by atoms with Crippen molar-refractivity contribution in [2.24, 2.45) is 11.8 Å². The SMILES string of the molecule is O=C(Nc1cccc(-n2cncn2)c1)NC1C2CN(c3ccc(F)cc3F)CC21. The van der Waals surface area contributed by atoms with Crippen LogP contribution in [0.5, 0.6) is 0 Å². The number of carbonyl (C=O) groups is 1. The Kier molecular flexibility index (Phi) is 4.15. The molecule has 29 heavy (non-hydrogen) atoms. The minimum atomic E-state index is -0.584. The first-order valence-corrected chi connectivity index (χ1v) is 9.31. The van der Waals surface area contributed by atoms with Gasteiger partial charge in [0.1, 0.15) is 24.3 Å². The number of urea groups is 1. The number of fused-ring (bicyclic) bond motifs is 1. The largest absolute Gasteiger partial charge is 0.368 e. The fourth-order valence-electron chi connectivity index (χ4n) is 4.06. The Hall–Kier alpha value is -3.49. The number of hydrogen-bond donors (Lipinski definition) is 2. The first-order valence-electron chi connectivity index (χ1n) is 9.31. The number of anilines is 2. The number of benzene rings is 2. The third-order valence-corrected chi connectivity index (χ3v) is 5.53. The van der Waals surface area contributed by atoms with Gasteiger partial charge in [0.05, 0.1) is 11.4 Å². The highest BCUT2D eigenvalue weighted by molar-refractivity contribution is 5.90. The number of rotatable bonds is 4. The molecule has 1 aliphatic carbocycles. The van der Waals surface area contributed by atoms with Crippen molar-refractivity contribution in [1.82, 2.24) is 20.1 Å². The maximum absolute atomic E-state index is 14.0. The summed E-state index contributed by atoms with van der Waals surface area (Å²) in [5.74, 6) is -0.598. The minimum Gasteiger partial charge on any atom is -0.368 e. The highest BCUT2D eigenvalue weighted by atomic mass is 19.1. The molecule has 2 heterocycles. The van der Waals surface area contributed by atoms with E-state index in [1.165, 1.54) is 18.5 Å². The molecule has 2 unspecified atom stereocenters. The monoisotopic (exact) mass is 396 g/mol. The molecule has 3 aromatic rings. The Balaban J connectivity index is 1.17. The van der Waals surface area contributed by atoms with Gasteiger partial charge in [0, 0.05) is 42.7 Å². The molecule has 1 aromatic heterocycles. The van der Waals surface area contributed by atoms with Crippen molar-refractivity contribution in [3.63, 3.8) is 0 Å². The predicted molar refractivity (Wildman–Crippen MR) is 103 cm³/mol. The molecule has 1 saturated heterocycles. The molecule has 7 nitrogen and oxygen atoms in total. The van der Waals surface area contributed by atoms with Gasteiger partial charge in [-0.2, -0.15) is 5.10 Å². The van der Waals surface area contributed by atoms with Crippen LogP contribution in [0.3, 0.4) is 0 Å². The summed E-state index contributed by atoms with van der Waals surface area (Å²) < 4.78 is 28.7. The van der Waals surface area contributed by atoms with Crippen molar-refractivity contribution in [1.29, 1.82) is 0 Å². The van der Waals surface area contributed by atoms with Crippen LogP contribution >= 0.6 is 0 Å². The first-order chi connectivity index (χ1) is 14.1. The van der Waals surface area contributed by atoms with Crippen LogP contribution in [-0.4, -0.2) is 39.9 Å². The summed E-state index contributed by atoms with van der Waals surface area (Å²) in [7, 11) is 0. The number of hydrogen-bond acceptors (Lipinski definition) is 4. The zero-order chi connectivity index (χ0) is 20.0. The molecule has 0 bridgehead atoms. The Labute approximate surface area is 165 Å². The van der Waals surface area contributed by atoms with Crippen molar-refractivity contribution < 1.29 is 13.6 Å². The lowest BCUT2D eigenvalue weighted by Crippen LogP contribution is -2.37. The lowest BCUT2D eigenvalue weighted by molar-refractivity contribution is 0.250. The molecule has 2 atom stereocenters. The molecule has 2 amide bonds. The van der Waals surface area contributed by atoms with E-state index in [2.05, 4.69) is 20.7 Å². The average molecular weight is 396 g/mol. The fourth-order valence-corrected chi connectivity index (χ4v) is 4.06. The predicted octanol–water partition coefficient (Wildman–Crippen LogP) is 2.80. The van der Waals surface area contributed by atoms with Crippen molar-refractivity contribution >= 4 is 17.4 Å². The van der Waals surface area contributed by atoms with Crippen LogP contribution in [-0.2, 0) is 0 Å². The van der Waals surface area contributed by atoms with E-state index in [1.54, 1.807) is 23.1 Å². The first kappa shape index (κ1) is 17.6. The van der Waals surface area contributed by atoms with Gasteiger partial charge in [0.2, 0.25) is 0 Å². The smallest absolute Gasteiger partial charge is 0.319 e. The summed E-state index contributed by atoms with van der Waals surface area (Å²) in [6.45, 7) is 1.28. The number of piperidine rings is 1. The molecule has 2 aliphatic rings. The van der Waals surface area contributed by atoms with Crippen LogP contribution in [0.4, 0.5) is 25.0 Å². The van der Waals surface area contributed by atoms with Gasteiger partial charge in [-0.3, -0.25) is 0 Å². The molecule has 148 valence electrons. The van der Waals surface area contributed by atoms with Gasteiger partial charge in [-0.15, -0.1) is 0 Å². The van der Waals surface area contributed by atoms with Gasteiger partial charge in [-0.05, 0) is 30.3 Å². The van der Waals surface area contributed by atoms with Crippen LogP contribution in [0.25, 0.3) is 5.69 Å². The van der Waals surface area contributed by atoms with Crippen LogP contribution in [0.2, 0.25) is 0 Å². The minimum absolute atomic E-state index is 0.0632. The number of halogens is 2. The Morgan fingerprint density at radius 1 is 1.10 bits per heavy atom. The summed E-state index contributed by atoms with van der Waals surface area (Å²) in [4.78, 5) is 18.2. The van der Waals surface area contributed by atoms with Crippen molar-refractivity contribution in [2.75, 3.05) is 23.3 Å². The fraction of sp³-hybridized carbons (Fsp3) is 0.250. The zero-order valence-corrected chi connectivity index (χ0v) is 15.3. The normalized spacial score (nSPS) is 22.3. The number of nitrogens with one attached hydrogen (secondary N) is 2. The second-order valence-electron chi connectivity index (χ2n) is 7.34. The number of nitrogens with zero attached hydrogens (tertiary/aromatic N) is 4. The van der Waals surface area contributed by atoms with Crippen molar-refractivity contribution in [2.45, 2.75) is 6.04 Å². The second kappa shape index (κ2) is 6.84. The van der Waals surface area contributed by atoms with E-state index in [-0.39, 0.29) is 23.9 Å². The Morgan fingerprint density at radius 3 is 2.66 bits per heavy atom. The van der Waals surface area contributed by atoms with E-state index in [0.29, 0.717) is 24.5 Å². The molecule has 1 saturated carbocycles. The molecule has 2 N–H and O–H groups in total. The summed E-state index contributed by atoms with van der Waals surface area (Å²) in [5, 5.41) is 9.90. The topological polar surface area (TPSA) is 75.1 Å². The maximum Gasteiger partial charge on any atom is 0.319 e. The third-order valence-electron chi connectivity index (χ3n) is 5.53. The van der Waals surface area contributed by atoms with Gasteiger partial charge in [0.25, 0.3) is 0 Å². The highest BCUT2D eigenvalue weighted by Gasteiger charge is 2.56. The number of carbonyl (C=O) groups excluding carboxylic acids is 1. The molecule has 2 fully saturated rings. The summed E-state index contributed by atoms with van der Waals surface area (Å²) in [6.07, 6.45) is 3.03. The maximum atomic E-state index is 14.0. The Bertz CT molecular complexity index is 1040. The van der Waals surface area contributed by atoms with Crippen molar-refractivity contribution in [3.05, 3.63) is 66.8 Å². The van der Waals surface area contributed by atoms with Gasteiger partial charge >= 0.3 is 6.03 Å². The third kappa shape index (κ3) is 3.39. The molecule has 5 rings (SSSR count). The summed E-state index contributed by atoms with van der Waals surface area (Å²) in [5.41, 5.74) is 1.85. The molecule has 9 heteroatoms. The lowest BCUT2D eigenvalue weighted by Gasteiger charge is -2.23. The second-order valence-corrected chi connectivity index (χ2v) is 7.34. The van der Waals surface area contributed by atoms with E-state index >= 15 is 0 Å². The van der Waals surface area contributed by atoms with Crippen LogP contribution in [0, 0.1) is 23.5 Å². The van der Waals surface area contributed by atoms with Crippen molar-refractivity contribution in [3.8, 4) is 5.69 Å². The lowest BCUT2D eigenvalue weighted by atomic mass is 10.2. The van der Waals surface area contributed by atoms with E-state index in [1.807, 2.05) is 17.0 Å². The van der Waals surface area contributed by atoms with Crippen LogP contribution in [0.15, 0.2) is 55.1 Å². The summed E-state index contributed by atoms with van der Waals surface area (Å²) >= 11 is 0. The molecule has 2 aromatic carbocycles. The van der Waals surface area contributed by atoms with E-state index in [4.69, 9.17) is 0 Å². The van der Waals surface area contributed by atoms with E-state index in [9.17, 15) is 13.6 Å². The summed E-state index contributed by atoms with van der Waals surface area (Å²) in [6, 6.07) is 10.7. The number of amides is 2. The van der Waals surface area contributed by atoms with Crippen LogP contribution in [0.1, 0.15) is 0 Å². The zero-order valence-electron chi connectivity index (χ0n) is 15.3. The van der Waals surface area contributed by atoms with Crippen LogP contribution < -0.4 is 15.5 Å². The molecular weight excluding hydrogens is 378 g/mol. The van der Waals surface area contributed by atoms with E-state index in [0.717, 1.165) is 11.8 Å². The van der Waals surface area contributed by atoms with E-state index < -0.39 is 11.6 Å². The average Bonchev–Trinajstić information content (AvgIpc) is 3.13. The Morgan fingerprint density at radius 2 is 1.93 bits per heavy atom. The molecule has 0 spiro atoms. The van der Waals surface area contributed by atoms with Gasteiger partial charge < -0.3 is 15.5 Å². The molecular formula is C20H18F2N6O. The van der Waals surface area contributed by atoms with Gasteiger partial charge in [0.15, 0.2) is 0 Å². The van der Waals surface area contributed by atoms with Gasteiger partial charge in [-0.25, -0.2) is 23.2 Å². The quantitative estimate of drug-likeness (QED) is 0.711. The molecule has 1 aliphatic heterocycles. The van der Waals surface area contributed by atoms with Gasteiger partial charge in [-0.1, -0.05) is 6.07 Å². The standard InChI is InChI=1S/C20H18F2N6O/c21-12-4-5-18(17(22)6-12)27-8-15-16(9-27)19(15)26-20(29)25-13-2-1-3-14(7-13)28-11-23-10-24-28/h1-7,10-11,15-16,19H,8-9H2,(H2,25,26,29).